The summed E-state index contributed by atoms with van der Waals surface area (Å²) in [6.07, 6.45) is 2.13. The topological polar surface area (TPSA) is 39.1 Å². The van der Waals surface area contributed by atoms with Gasteiger partial charge in [-0.2, -0.15) is 5.10 Å². The molecular formula is C14H24BrN3O. The predicted molar refractivity (Wildman–Crippen MR) is 80.4 cm³/mol. The van der Waals surface area contributed by atoms with Crippen molar-refractivity contribution in [2.45, 2.75) is 46.2 Å². The van der Waals surface area contributed by atoms with Gasteiger partial charge in [0.25, 0.3) is 0 Å². The van der Waals surface area contributed by atoms with Gasteiger partial charge in [0.2, 0.25) is 0 Å². The van der Waals surface area contributed by atoms with Crippen LogP contribution in [0, 0.1) is 12.8 Å². The number of halogens is 1. The zero-order chi connectivity index (χ0) is 13.8. The van der Waals surface area contributed by atoms with Gasteiger partial charge in [0.15, 0.2) is 0 Å². The van der Waals surface area contributed by atoms with E-state index >= 15 is 0 Å². The quantitative estimate of drug-likeness (QED) is 0.902. The number of ether oxygens (including phenoxy) is 1. The number of nitrogens with one attached hydrogen (secondary N) is 1. The molecule has 4 nitrogen and oxygen atoms in total. The molecule has 2 atom stereocenters. The molecule has 1 saturated heterocycles. The second kappa shape index (κ2) is 6.86. The largest absolute Gasteiger partial charge is 0.381 e. The van der Waals surface area contributed by atoms with Crippen molar-refractivity contribution < 1.29 is 4.74 Å². The second-order valence-corrected chi connectivity index (χ2v) is 5.95. The van der Waals surface area contributed by atoms with Crippen molar-refractivity contribution in [1.82, 2.24) is 15.1 Å². The van der Waals surface area contributed by atoms with E-state index in [0.717, 1.165) is 49.3 Å². The van der Waals surface area contributed by atoms with E-state index in [4.69, 9.17) is 4.74 Å². The molecule has 0 aromatic carbocycles. The zero-order valence-corrected chi connectivity index (χ0v) is 13.7. The molecule has 0 amide bonds. The molecule has 5 heteroatoms. The molecule has 1 aromatic heterocycles. The number of nitrogens with zero attached hydrogens (tertiary/aromatic N) is 2. The average Bonchev–Trinajstić information content (AvgIpc) is 2.69. The van der Waals surface area contributed by atoms with E-state index in [1.165, 1.54) is 5.69 Å². The minimum atomic E-state index is 0.534. The van der Waals surface area contributed by atoms with E-state index in [-0.39, 0.29) is 0 Å². The van der Waals surface area contributed by atoms with Gasteiger partial charge in [-0.3, -0.25) is 4.68 Å². The van der Waals surface area contributed by atoms with Crippen molar-refractivity contribution >= 4 is 15.9 Å². The Morgan fingerprint density at radius 3 is 2.95 bits per heavy atom. The van der Waals surface area contributed by atoms with Gasteiger partial charge in [-0.05, 0) is 49.2 Å². The third-order valence-electron chi connectivity index (χ3n) is 3.85. The van der Waals surface area contributed by atoms with Gasteiger partial charge in [0.1, 0.15) is 0 Å². The van der Waals surface area contributed by atoms with Crippen molar-refractivity contribution in [3.05, 3.63) is 15.9 Å². The summed E-state index contributed by atoms with van der Waals surface area (Å²) < 4.78 is 8.94. The fraction of sp³-hybridized carbons (Fsp3) is 0.786. The number of aromatic nitrogens is 2. The molecule has 0 spiro atoms. The molecule has 1 N–H and O–H groups in total. The third kappa shape index (κ3) is 3.38. The molecule has 0 bridgehead atoms. The van der Waals surface area contributed by atoms with Gasteiger partial charge < -0.3 is 10.1 Å². The summed E-state index contributed by atoms with van der Waals surface area (Å²) in [6, 6.07) is 0.561. The molecule has 1 fully saturated rings. The van der Waals surface area contributed by atoms with Crippen LogP contribution in [0.4, 0.5) is 0 Å². The van der Waals surface area contributed by atoms with Crippen molar-refractivity contribution in [2.24, 2.45) is 5.92 Å². The first-order valence-corrected chi connectivity index (χ1v) is 7.99. The van der Waals surface area contributed by atoms with Crippen LogP contribution in [-0.4, -0.2) is 35.6 Å². The minimum Gasteiger partial charge on any atom is -0.381 e. The Balaban J connectivity index is 2.14. The van der Waals surface area contributed by atoms with Gasteiger partial charge in [-0.25, -0.2) is 0 Å². The number of rotatable bonds is 5. The summed E-state index contributed by atoms with van der Waals surface area (Å²) in [5, 5.41) is 8.17. The molecule has 0 saturated carbocycles. The molecule has 1 aromatic rings. The Kier molecular flexibility index (Phi) is 5.42. The van der Waals surface area contributed by atoms with Gasteiger partial charge in [0.05, 0.1) is 22.5 Å². The summed E-state index contributed by atoms with van der Waals surface area (Å²) in [5.74, 6) is 0.534. The molecule has 0 radical (unpaired) electrons. The SMILES string of the molecule is CCNC1CCOCC1Cc1c(Br)c(C)nn1CC. The van der Waals surface area contributed by atoms with E-state index < -0.39 is 0 Å². The zero-order valence-electron chi connectivity index (χ0n) is 12.1. The van der Waals surface area contributed by atoms with Crippen LogP contribution in [0.25, 0.3) is 0 Å². The molecule has 2 unspecified atom stereocenters. The molecule has 0 aliphatic carbocycles. The highest BCUT2D eigenvalue weighted by molar-refractivity contribution is 9.10. The van der Waals surface area contributed by atoms with Gasteiger partial charge >= 0.3 is 0 Å². The molecule has 108 valence electrons. The van der Waals surface area contributed by atoms with Crippen molar-refractivity contribution in [3.8, 4) is 0 Å². The standard InChI is InChI=1S/C14H24BrN3O/c1-4-16-12-6-7-19-9-11(12)8-13-14(15)10(3)17-18(13)5-2/h11-12,16H,4-9H2,1-3H3. The van der Waals surface area contributed by atoms with Crippen molar-refractivity contribution in [3.63, 3.8) is 0 Å². The van der Waals surface area contributed by atoms with E-state index in [9.17, 15) is 0 Å². The summed E-state index contributed by atoms with van der Waals surface area (Å²) >= 11 is 3.68. The monoisotopic (exact) mass is 329 g/mol. The van der Waals surface area contributed by atoms with Crippen LogP contribution < -0.4 is 5.32 Å². The fourth-order valence-corrected chi connectivity index (χ4v) is 3.29. The minimum absolute atomic E-state index is 0.534. The number of hydrogen-bond donors (Lipinski definition) is 1. The summed E-state index contributed by atoms with van der Waals surface area (Å²) in [7, 11) is 0. The lowest BCUT2D eigenvalue weighted by atomic mass is 9.91. The summed E-state index contributed by atoms with van der Waals surface area (Å²) in [6.45, 7) is 10.0. The molecule has 1 aliphatic rings. The van der Waals surface area contributed by atoms with Crippen molar-refractivity contribution in [2.75, 3.05) is 19.8 Å². The lowest BCUT2D eigenvalue weighted by molar-refractivity contribution is 0.0319. The Bertz CT molecular complexity index is 417. The maximum absolute atomic E-state index is 5.67. The van der Waals surface area contributed by atoms with Crippen LogP contribution in [0.15, 0.2) is 4.47 Å². The molecular weight excluding hydrogens is 306 g/mol. The van der Waals surface area contributed by atoms with E-state index in [1.807, 2.05) is 0 Å². The maximum Gasteiger partial charge on any atom is 0.0738 e. The highest BCUT2D eigenvalue weighted by atomic mass is 79.9. The van der Waals surface area contributed by atoms with Crippen LogP contribution in [0.5, 0.6) is 0 Å². The van der Waals surface area contributed by atoms with Crippen molar-refractivity contribution in [1.29, 1.82) is 0 Å². The predicted octanol–water partition coefficient (Wildman–Crippen LogP) is 2.53. The van der Waals surface area contributed by atoms with Gasteiger partial charge in [-0.15, -0.1) is 0 Å². The molecule has 19 heavy (non-hydrogen) atoms. The third-order valence-corrected chi connectivity index (χ3v) is 4.88. The van der Waals surface area contributed by atoms with Crippen LogP contribution in [-0.2, 0) is 17.7 Å². The maximum atomic E-state index is 5.67. The Morgan fingerprint density at radius 1 is 1.47 bits per heavy atom. The van der Waals surface area contributed by atoms with Gasteiger partial charge in [-0.1, -0.05) is 6.92 Å². The first kappa shape index (κ1) is 15.0. The average molecular weight is 330 g/mol. The molecule has 2 heterocycles. The van der Waals surface area contributed by atoms with E-state index in [0.29, 0.717) is 12.0 Å². The number of hydrogen-bond acceptors (Lipinski definition) is 3. The molecule has 2 rings (SSSR count). The highest BCUT2D eigenvalue weighted by Crippen LogP contribution is 2.27. The lowest BCUT2D eigenvalue weighted by Crippen LogP contribution is -2.43. The van der Waals surface area contributed by atoms with Gasteiger partial charge in [0, 0.05) is 25.1 Å². The fourth-order valence-electron chi connectivity index (χ4n) is 2.84. The van der Waals surface area contributed by atoms with Crippen LogP contribution in [0.3, 0.4) is 0 Å². The summed E-state index contributed by atoms with van der Waals surface area (Å²) in [4.78, 5) is 0. The normalized spacial score (nSPS) is 23.8. The molecule has 1 aliphatic heterocycles. The Labute approximate surface area is 124 Å². The van der Waals surface area contributed by atoms with E-state index in [2.05, 4.69) is 51.8 Å². The second-order valence-electron chi connectivity index (χ2n) is 5.15. The van der Waals surface area contributed by atoms with Crippen LogP contribution in [0.2, 0.25) is 0 Å². The lowest BCUT2D eigenvalue weighted by Gasteiger charge is -2.32. The van der Waals surface area contributed by atoms with Crippen LogP contribution >= 0.6 is 15.9 Å². The first-order chi connectivity index (χ1) is 9.17. The van der Waals surface area contributed by atoms with Crippen LogP contribution in [0.1, 0.15) is 31.7 Å². The Hall–Kier alpha value is -0.390. The smallest absolute Gasteiger partial charge is 0.0738 e. The summed E-state index contributed by atoms with van der Waals surface area (Å²) in [5.41, 5.74) is 2.38. The number of aryl methyl sites for hydroxylation is 2. The first-order valence-electron chi connectivity index (χ1n) is 7.20. The Morgan fingerprint density at radius 2 is 2.26 bits per heavy atom. The van der Waals surface area contributed by atoms with E-state index in [1.54, 1.807) is 0 Å². The highest BCUT2D eigenvalue weighted by Gasteiger charge is 2.27.